The van der Waals surface area contributed by atoms with Gasteiger partial charge >= 0.3 is 0 Å². The van der Waals surface area contributed by atoms with E-state index in [1.807, 2.05) is 16.9 Å². The Balaban J connectivity index is 1.76. The molecule has 110 valence electrons. The summed E-state index contributed by atoms with van der Waals surface area (Å²) in [6, 6.07) is 6.85. The monoisotopic (exact) mass is 350 g/mol. The Morgan fingerprint density at radius 1 is 1.33 bits per heavy atom. The Kier molecular flexibility index (Phi) is 4.19. The average molecular weight is 351 g/mol. The molecule has 0 aliphatic heterocycles. The van der Waals surface area contributed by atoms with E-state index in [1.54, 1.807) is 12.1 Å². The van der Waals surface area contributed by atoms with Crippen molar-refractivity contribution in [3.05, 3.63) is 52.0 Å². The molecule has 21 heavy (non-hydrogen) atoms. The second-order valence-corrected chi connectivity index (χ2v) is 6.28. The van der Waals surface area contributed by atoms with E-state index in [0.29, 0.717) is 16.2 Å². The zero-order valence-corrected chi connectivity index (χ0v) is 13.1. The van der Waals surface area contributed by atoms with Crippen molar-refractivity contribution in [2.75, 3.05) is 0 Å². The van der Waals surface area contributed by atoms with Gasteiger partial charge in [-0.2, -0.15) is 5.10 Å². The molecule has 1 saturated carbocycles. The maximum atomic E-state index is 13.8. The SMILES string of the molecule is O=C(Cc1ccn(C2CCCC2)n1)c1c(F)cccc1Br. The Morgan fingerprint density at radius 3 is 2.81 bits per heavy atom. The van der Waals surface area contributed by atoms with Gasteiger partial charge in [-0.25, -0.2) is 4.39 Å². The Bertz CT molecular complexity index is 642. The number of nitrogens with zero attached hydrogens (tertiary/aromatic N) is 2. The number of rotatable bonds is 4. The van der Waals surface area contributed by atoms with Crippen LogP contribution in [0.15, 0.2) is 34.9 Å². The molecule has 0 bridgehead atoms. The lowest BCUT2D eigenvalue weighted by molar-refractivity contribution is 0.0987. The van der Waals surface area contributed by atoms with E-state index in [0.717, 1.165) is 12.8 Å². The van der Waals surface area contributed by atoms with Gasteiger partial charge in [0.1, 0.15) is 5.82 Å². The van der Waals surface area contributed by atoms with Gasteiger partial charge in [-0.05, 0) is 47.0 Å². The highest BCUT2D eigenvalue weighted by Gasteiger charge is 2.20. The first-order valence-electron chi connectivity index (χ1n) is 7.16. The number of hydrogen-bond acceptors (Lipinski definition) is 2. The first-order chi connectivity index (χ1) is 10.1. The first-order valence-corrected chi connectivity index (χ1v) is 7.95. The predicted molar refractivity (Wildman–Crippen MR) is 81.9 cm³/mol. The van der Waals surface area contributed by atoms with Gasteiger partial charge in [0.15, 0.2) is 5.78 Å². The van der Waals surface area contributed by atoms with Crippen LogP contribution < -0.4 is 0 Å². The lowest BCUT2D eigenvalue weighted by Crippen LogP contribution is -2.10. The second kappa shape index (κ2) is 6.10. The van der Waals surface area contributed by atoms with Gasteiger partial charge in [-0.15, -0.1) is 0 Å². The minimum absolute atomic E-state index is 0.105. The van der Waals surface area contributed by atoms with Crippen LogP contribution in [0.25, 0.3) is 0 Å². The van der Waals surface area contributed by atoms with E-state index < -0.39 is 5.82 Å². The summed E-state index contributed by atoms with van der Waals surface area (Å²) in [4.78, 5) is 12.3. The molecule has 3 nitrogen and oxygen atoms in total. The largest absolute Gasteiger partial charge is 0.294 e. The van der Waals surface area contributed by atoms with E-state index in [-0.39, 0.29) is 17.8 Å². The van der Waals surface area contributed by atoms with Crippen molar-refractivity contribution in [1.29, 1.82) is 0 Å². The fraction of sp³-hybridized carbons (Fsp3) is 0.375. The highest BCUT2D eigenvalue weighted by molar-refractivity contribution is 9.10. The molecule has 5 heteroatoms. The number of aromatic nitrogens is 2. The number of hydrogen-bond donors (Lipinski definition) is 0. The van der Waals surface area contributed by atoms with Gasteiger partial charge < -0.3 is 0 Å². The van der Waals surface area contributed by atoms with E-state index in [1.165, 1.54) is 18.9 Å². The van der Waals surface area contributed by atoms with Crippen LogP contribution in [0.2, 0.25) is 0 Å². The third-order valence-corrected chi connectivity index (χ3v) is 4.61. The molecule has 0 unspecified atom stereocenters. The summed E-state index contributed by atoms with van der Waals surface area (Å²) in [6.45, 7) is 0. The van der Waals surface area contributed by atoms with Gasteiger partial charge in [-0.3, -0.25) is 9.48 Å². The van der Waals surface area contributed by atoms with Crippen molar-refractivity contribution >= 4 is 21.7 Å². The number of ketones is 1. The molecule has 1 heterocycles. The highest BCUT2D eigenvalue weighted by Crippen LogP contribution is 2.29. The van der Waals surface area contributed by atoms with Crippen LogP contribution in [0.5, 0.6) is 0 Å². The maximum absolute atomic E-state index is 13.8. The molecular weight excluding hydrogens is 335 g/mol. The lowest BCUT2D eigenvalue weighted by atomic mass is 10.1. The number of carbonyl (C=O) groups is 1. The van der Waals surface area contributed by atoms with E-state index >= 15 is 0 Å². The minimum atomic E-state index is -0.496. The topological polar surface area (TPSA) is 34.9 Å². The van der Waals surface area contributed by atoms with Gasteiger partial charge in [0.05, 0.1) is 23.7 Å². The summed E-state index contributed by atoms with van der Waals surface area (Å²) in [6.07, 6.45) is 6.82. The molecule has 0 N–H and O–H groups in total. The zero-order chi connectivity index (χ0) is 14.8. The van der Waals surface area contributed by atoms with Crippen molar-refractivity contribution in [3.8, 4) is 0 Å². The summed E-state index contributed by atoms with van der Waals surface area (Å²) < 4.78 is 16.2. The Morgan fingerprint density at radius 2 is 2.10 bits per heavy atom. The van der Waals surface area contributed by atoms with Crippen LogP contribution in [0.4, 0.5) is 4.39 Å². The van der Waals surface area contributed by atoms with E-state index in [4.69, 9.17) is 0 Å². The average Bonchev–Trinajstić information content (AvgIpc) is 3.08. The van der Waals surface area contributed by atoms with E-state index in [9.17, 15) is 9.18 Å². The van der Waals surface area contributed by atoms with Crippen LogP contribution >= 0.6 is 15.9 Å². The molecule has 1 aromatic carbocycles. The molecule has 0 saturated heterocycles. The van der Waals surface area contributed by atoms with E-state index in [2.05, 4.69) is 21.0 Å². The summed E-state index contributed by atoms with van der Waals surface area (Å²) in [5.41, 5.74) is 0.801. The summed E-state index contributed by atoms with van der Waals surface area (Å²) >= 11 is 3.23. The zero-order valence-electron chi connectivity index (χ0n) is 11.6. The van der Waals surface area contributed by atoms with Crippen molar-refractivity contribution in [2.45, 2.75) is 38.1 Å². The molecular formula is C16H16BrFN2O. The van der Waals surface area contributed by atoms with Crippen molar-refractivity contribution in [2.24, 2.45) is 0 Å². The normalized spacial score (nSPS) is 15.5. The first kappa shape index (κ1) is 14.4. The molecule has 0 amide bonds. The maximum Gasteiger partial charge on any atom is 0.172 e. The third kappa shape index (κ3) is 3.07. The van der Waals surface area contributed by atoms with Crippen molar-refractivity contribution < 1.29 is 9.18 Å². The van der Waals surface area contributed by atoms with Crippen molar-refractivity contribution in [3.63, 3.8) is 0 Å². The molecule has 1 aliphatic rings. The van der Waals surface area contributed by atoms with Crippen LogP contribution in [-0.2, 0) is 6.42 Å². The number of carbonyl (C=O) groups excluding carboxylic acids is 1. The molecule has 0 radical (unpaired) electrons. The minimum Gasteiger partial charge on any atom is -0.294 e. The van der Waals surface area contributed by atoms with Gasteiger partial charge in [0.2, 0.25) is 0 Å². The molecule has 1 aromatic heterocycles. The van der Waals surface area contributed by atoms with Crippen LogP contribution in [0, 0.1) is 5.82 Å². The Hall–Kier alpha value is -1.49. The number of Topliss-reactive ketones (excluding diaryl/α,β-unsaturated/α-hetero) is 1. The van der Waals surface area contributed by atoms with Gasteiger partial charge in [-0.1, -0.05) is 18.9 Å². The highest BCUT2D eigenvalue weighted by atomic mass is 79.9. The number of benzene rings is 1. The van der Waals surface area contributed by atoms with Gasteiger partial charge in [0, 0.05) is 10.7 Å². The standard InChI is InChI=1S/C16H16BrFN2O/c17-13-6-3-7-14(18)16(13)15(21)10-11-8-9-20(19-11)12-4-1-2-5-12/h3,6-9,12H,1-2,4-5,10H2. The molecule has 0 atom stereocenters. The molecule has 1 fully saturated rings. The van der Waals surface area contributed by atoms with Crippen LogP contribution in [0.1, 0.15) is 47.8 Å². The lowest BCUT2D eigenvalue weighted by Gasteiger charge is -2.09. The summed E-state index contributed by atoms with van der Waals surface area (Å²) in [7, 11) is 0. The number of halogens is 2. The molecule has 1 aliphatic carbocycles. The summed E-state index contributed by atoms with van der Waals surface area (Å²) in [5.74, 6) is -0.749. The molecule has 3 rings (SSSR count). The predicted octanol–water partition coefficient (Wildman–Crippen LogP) is 4.33. The van der Waals surface area contributed by atoms with Crippen LogP contribution in [-0.4, -0.2) is 15.6 Å². The Labute approximate surface area is 131 Å². The molecule has 2 aromatic rings. The fourth-order valence-corrected chi connectivity index (χ4v) is 3.42. The van der Waals surface area contributed by atoms with Gasteiger partial charge in [0.25, 0.3) is 0 Å². The quantitative estimate of drug-likeness (QED) is 0.769. The summed E-state index contributed by atoms with van der Waals surface area (Å²) in [5, 5.41) is 4.48. The van der Waals surface area contributed by atoms with Crippen molar-refractivity contribution in [1.82, 2.24) is 9.78 Å². The smallest absolute Gasteiger partial charge is 0.172 e. The molecule has 0 spiro atoms. The fourth-order valence-electron chi connectivity index (χ4n) is 2.86. The second-order valence-electron chi connectivity index (χ2n) is 5.42. The van der Waals surface area contributed by atoms with Crippen LogP contribution in [0.3, 0.4) is 0 Å². The third-order valence-electron chi connectivity index (χ3n) is 3.95.